The van der Waals surface area contributed by atoms with Gasteiger partial charge >= 0.3 is 5.97 Å². The molecule has 3 atom stereocenters. The molecule has 1 fully saturated rings. The third-order valence-electron chi connectivity index (χ3n) is 5.30. The fourth-order valence-electron chi connectivity index (χ4n) is 3.48. The first-order valence-corrected chi connectivity index (χ1v) is 10.0. The number of halogens is 1. The van der Waals surface area contributed by atoms with Gasteiger partial charge in [0, 0.05) is 11.6 Å². The largest absolute Gasteiger partial charge is 0.480 e. The van der Waals surface area contributed by atoms with E-state index >= 15 is 0 Å². The minimum absolute atomic E-state index is 0.0173. The lowest BCUT2D eigenvalue weighted by molar-refractivity contribution is -0.140. The Morgan fingerprint density at radius 3 is 2.52 bits per heavy atom. The number of rotatable bonds is 10. The number of carboxylic acids is 1. The van der Waals surface area contributed by atoms with E-state index in [-0.39, 0.29) is 24.4 Å². The summed E-state index contributed by atoms with van der Waals surface area (Å²) in [5.74, 6) is -1.18. The van der Waals surface area contributed by atoms with Gasteiger partial charge in [-0.2, -0.15) is 0 Å². The van der Waals surface area contributed by atoms with Crippen LogP contribution in [0.5, 0.6) is 0 Å². The van der Waals surface area contributed by atoms with Crippen LogP contribution in [-0.2, 0) is 9.59 Å². The quantitative estimate of drug-likeness (QED) is 0.567. The van der Waals surface area contributed by atoms with Crippen molar-refractivity contribution < 1.29 is 14.7 Å². The van der Waals surface area contributed by atoms with Crippen molar-refractivity contribution in [2.75, 3.05) is 26.2 Å². The standard InChI is InChI=1S/C20H30ClN3O3/c1-3-14(2)19(20(26)27)23-13-18(25)22-12-17(24-10-6-7-11-24)15-8-4-5-9-16(15)21/h4-5,8-9,14,17,19,23H,3,6-7,10-13H2,1-2H3,(H,22,25)(H,26,27)/t14-,17?,19-/m0/s1. The highest BCUT2D eigenvalue weighted by Crippen LogP contribution is 2.29. The van der Waals surface area contributed by atoms with Crippen LogP contribution in [0.4, 0.5) is 0 Å². The Balaban J connectivity index is 1.95. The average molecular weight is 396 g/mol. The number of aliphatic carboxylic acids is 1. The number of amides is 1. The Morgan fingerprint density at radius 2 is 1.93 bits per heavy atom. The van der Waals surface area contributed by atoms with Crippen LogP contribution in [0.1, 0.15) is 44.7 Å². The molecular formula is C20H30ClN3O3. The summed E-state index contributed by atoms with van der Waals surface area (Å²) >= 11 is 6.38. The van der Waals surface area contributed by atoms with Crippen LogP contribution in [0, 0.1) is 5.92 Å². The van der Waals surface area contributed by atoms with Gasteiger partial charge < -0.3 is 10.4 Å². The number of carbonyl (C=O) groups excluding carboxylic acids is 1. The van der Waals surface area contributed by atoms with Crippen LogP contribution >= 0.6 is 11.6 Å². The first-order valence-electron chi connectivity index (χ1n) is 9.65. The van der Waals surface area contributed by atoms with Gasteiger partial charge in [-0.25, -0.2) is 0 Å². The number of likely N-dealkylation sites (tertiary alicyclic amines) is 1. The van der Waals surface area contributed by atoms with E-state index in [2.05, 4.69) is 15.5 Å². The van der Waals surface area contributed by atoms with Gasteiger partial charge in [-0.1, -0.05) is 50.1 Å². The zero-order chi connectivity index (χ0) is 19.8. The van der Waals surface area contributed by atoms with Crippen molar-refractivity contribution in [1.29, 1.82) is 0 Å². The molecule has 0 aliphatic carbocycles. The number of nitrogens with one attached hydrogen (secondary N) is 2. The van der Waals surface area contributed by atoms with Gasteiger partial charge in [0.15, 0.2) is 0 Å². The van der Waals surface area contributed by atoms with Crippen molar-refractivity contribution in [2.24, 2.45) is 5.92 Å². The fourth-order valence-corrected chi connectivity index (χ4v) is 3.74. The van der Waals surface area contributed by atoms with E-state index in [0.717, 1.165) is 37.9 Å². The van der Waals surface area contributed by atoms with Crippen molar-refractivity contribution >= 4 is 23.5 Å². The second-order valence-corrected chi connectivity index (χ2v) is 7.57. The number of hydrogen-bond donors (Lipinski definition) is 3. The topological polar surface area (TPSA) is 81.7 Å². The highest BCUT2D eigenvalue weighted by atomic mass is 35.5. The van der Waals surface area contributed by atoms with Crippen molar-refractivity contribution in [1.82, 2.24) is 15.5 Å². The predicted molar refractivity (Wildman–Crippen MR) is 107 cm³/mol. The first kappa shape index (κ1) is 21.7. The molecule has 0 aromatic heterocycles. The molecule has 1 unspecified atom stereocenters. The zero-order valence-corrected chi connectivity index (χ0v) is 16.8. The second-order valence-electron chi connectivity index (χ2n) is 7.17. The lowest BCUT2D eigenvalue weighted by Crippen LogP contribution is -2.47. The monoisotopic (exact) mass is 395 g/mol. The molecule has 1 aliphatic rings. The van der Waals surface area contributed by atoms with E-state index in [4.69, 9.17) is 11.6 Å². The van der Waals surface area contributed by atoms with Crippen LogP contribution in [0.25, 0.3) is 0 Å². The molecule has 150 valence electrons. The number of hydrogen-bond acceptors (Lipinski definition) is 4. The van der Waals surface area contributed by atoms with Gasteiger partial charge in [0.05, 0.1) is 12.6 Å². The normalized spacial score (nSPS) is 18.0. The maximum absolute atomic E-state index is 12.3. The smallest absolute Gasteiger partial charge is 0.320 e. The minimum atomic E-state index is -0.928. The minimum Gasteiger partial charge on any atom is -0.480 e. The Hall–Kier alpha value is -1.63. The van der Waals surface area contributed by atoms with Crippen LogP contribution in [0.15, 0.2) is 24.3 Å². The lowest BCUT2D eigenvalue weighted by atomic mass is 9.99. The van der Waals surface area contributed by atoms with E-state index in [1.807, 2.05) is 38.1 Å². The highest BCUT2D eigenvalue weighted by molar-refractivity contribution is 6.31. The summed E-state index contributed by atoms with van der Waals surface area (Å²) in [6.45, 7) is 6.21. The molecule has 1 heterocycles. The van der Waals surface area contributed by atoms with E-state index in [0.29, 0.717) is 11.6 Å². The summed E-state index contributed by atoms with van der Waals surface area (Å²) in [7, 11) is 0. The van der Waals surface area contributed by atoms with Crippen molar-refractivity contribution in [3.63, 3.8) is 0 Å². The Labute approximate surface area is 166 Å². The second kappa shape index (κ2) is 10.6. The molecule has 3 N–H and O–H groups in total. The summed E-state index contributed by atoms with van der Waals surface area (Å²) in [5, 5.41) is 15.8. The molecule has 0 bridgehead atoms. The summed E-state index contributed by atoms with van der Waals surface area (Å²) in [5.41, 5.74) is 1.01. The van der Waals surface area contributed by atoms with Crippen molar-refractivity contribution in [2.45, 2.75) is 45.2 Å². The summed E-state index contributed by atoms with van der Waals surface area (Å²) < 4.78 is 0. The molecule has 6 nitrogen and oxygen atoms in total. The van der Waals surface area contributed by atoms with Gasteiger partial charge in [-0.05, 0) is 43.5 Å². The van der Waals surface area contributed by atoms with Crippen molar-refractivity contribution in [3.05, 3.63) is 34.9 Å². The van der Waals surface area contributed by atoms with Gasteiger partial charge in [0.1, 0.15) is 6.04 Å². The zero-order valence-electron chi connectivity index (χ0n) is 16.1. The molecule has 27 heavy (non-hydrogen) atoms. The molecular weight excluding hydrogens is 366 g/mol. The number of nitrogens with zero attached hydrogens (tertiary/aromatic N) is 1. The number of benzene rings is 1. The molecule has 2 rings (SSSR count). The maximum Gasteiger partial charge on any atom is 0.320 e. The molecule has 1 amide bonds. The molecule has 1 saturated heterocycles. The molecule has 1 aromatic rings. The Morgan fingerprint density at radius 1 is 1.26 bits per heavy atom. The maximum atomic E-state index is 12.3. The molecule has 7 heteroatoms. The van der Waals surface area contributed by atoms with Crippen LogP contribution < -0.4 is 10.6 Å². The van der Waals surface area contributed by atoms with Gasteiger partial charge in [0.2, 0.25) is 5.91 Å². The summed E-state index contributed by atoms with van der Waals surface area (Å²) in [4.78, 5) is 26.0. The predicted octanol–water partition coefficient (Wildman–Crippen LogP) is 2.68. The fraction of sp³-hybridized carbons (Fsp3) is 0.600. The summed E-state index contributed by atoms with van der Waals surface area (Å²) in [6.07, 6.45) is 3.02. The SMILES string of the molecule is CC[C@H](C)[C@H](NCC(=O)NCC(c1ccccc1Cl)N1CCCC1)C(=O)O. The van der Waals surface area contributed by atoms with E-state index in [9.17, 15) is 14.7 Å². The average Bonchev–Trinajstić information content (AvgIpc) is 3.17. The van der Waals surface area contributed by atoms with Crippen LogP contribution in [0.2, 0.25) is 5.02 Å². The third-order valence-corrected chi connectivity index (χ3v) is 5.64. The Bertz CT molecular complexity index is 635. The van der Waals surface area contributed by atoms with Gasteiger partial charge in [0.25, 0.3) is 0 Å². The van der Waals surface area contributed by atoms with Crippen LogP contribution in [0.3, 0.4) is 0 Å². The Kier molecular flexibility index (Phi) is 8.54. The number of carboxylic acid groups (broad SMARTS) is 1. The summed E-state index contributed by atoms with van der Waals surface area (Å²) in [6, 6.07) is 7.02. The van der Waals surface area contributed by atoms with Crippen molar-refractivity contribution in [3.8, 4) is 0 Å². The van der Waals surface area contributed by atoms with E-state index < -0.39 is 12.0 Å². The lowest BCUT2D eigenvalue weighted by Gasteiger charge is -2.29. The number of carbonyl (C=O) groups is 2. The third kappa shape index (κ3) is 6.19. The molecule has 1 aliphatic heterocycles. The molecule has 0 saturated carbocycles. The van der Waals surface area contributed by atoms with Crippen LogP contribution in [-0.4, -0.2) is 54.1 Å². The molecule has 0 radical (unpaired) electrons. The molecule has 1 aromatic carbocycles. The first-order chi connectivity index (χ1) is 12.9. The van der Waals surface area contributed by atoms with E-state index in [1.54, 1.807) is 0 Å². The van der Waals surface area contributed by atoms with Gasteiger partial charge in [-0.3, -0.25) is 19.8 Å². The van der Waals surface area contributed by atoms with Gasteiger partial charge in [-0.15, -0.1) is 0 Å². The molecule has 0 spiro atoms. The van der Waals surface area contributed by atoms with E-state index in [1.165, 1.54) is 0 Å². The highest BCUT2D eigenvalue weighted by Gasteiger charge is 2.26.